The topological polar surface area (TPSA) is 32.3 Å². The predicted molar refractivity (Wildman–Crippen MR) is 72.2 cm³/mol. The summed E-state index contributed by atoms with van der Waals surface area (Å²) in [5.74, 6) is 0.00721. The molecule has 0 unspecified atom stereocenters. The van der Waals surface area contributed by atoms with Gasteiger partial charge in [-0.15, -0.1) is 0 Å². The van der Waals surface area contributed by atoms with Crippen molar-refractivity contribution in [2.45, 2.75) is 26.3 Å². The van der Waals surface area contributed by atoms with Crippen molar-refractivity contribution in [3.05, 3.63) is 22.2 Å². The standard InChI is InChI=1S/C12H14Cl2N2O/c1-7(2)16-4-3-12(17)15-10-5-8(13)9(14)6-11(10)16/h5-7H,3-4H2,1-2H3,(H,15,17). The van der Waals surface area contributed by atoms with Gasteiger partial charge in [-0.1, -0.05) is 23.2 Å². The summed E-state index contributed by atoms with van der Waals surface area (Å²) in [6.45, 7) is 4.86. The fourth-order valence-corrected chi connectivity index (χ4v) is 2.29. The van der Waals surface area contributed by atoms with Crippen LogP contribution in [0.1, 0.15) is 20.3 Å². The van der Waals surface area contributed by atoms with Crippen LogP contribution in [0.4, 0.5) is 11.4 Å². The van der Waals surface area contributed by atoms with Gasteiger partial charge in [-0.05, 0) is 26.0 Å². The van der Waals surface area contributed by atoms with Crippen LogP contribution in [0.5, 0.6) is 0 Å². The third-order valence-electron chi connectivity index (χ3n) is 2.83. The average molecular weight is 273 g/mol. The molecule has 1 aliphatic rings. The molecule has 17 heavy (non-hydrogen) atoms. The van der Waals surface area contributed by atoms with Crippen LogP contribution in [-0.2, 0) is 4.79 Å². The largest absolute Gasteiger partial charge is 0.367 e. The summed E-state index contributed by atoms with van der Waals surface area (Å²) >= 11 is 12.0. The molecular weight excluding hydrogens is 259 g/mol. The Morgan fingerprint density at radius 1 is 1.29 bits per heavy atom. The Kier molecular flexibility index (Phi) is 3.50. The van der Waals surface area contributed by atoms with Gasteiger partial charge in [0.15, 0.2) is 0 Å². The van der Waals surface area contributed by atoms with Crippen molar-refractivity contribution in [2.24, 2.45) is 0 Å². The molecular formula is C12H14Cl2N2O. The predicted octanol–water partition coefficient (Wildman–Crippen LogP) is 3.55. The number of hydrogen-bond donors (Lipinski definition) is 1. The van der Waals surface area contributed by atoms with Crippen LogP contribution in [0.3, 0.4) is 0 Å². The molecule has 1 amide bonds. The van der Waals surface area contributed by atoms with E-state index >= 15 is 0 Å². The monoisotopic (exact) mass is 272 g/mol. The molecule has 0 saturated heterocycles. The number of benzene rings is 1. The van der Waals surface area contributed by atoms with Crippen molar-refractivity contribution in [1.29, 1.82) is 0 Å². The third-order valence-corrected chi connectivity index (χ3v) is 3.55. The van der Waals surface area contributed by atoms with Crippen LogP contribution in [-0.4, -0.2) is 18.5 Å². The minimum Gasteiger partial charge on any atom is -0.367 e. The van der Waals surface area contributed by atoms with Crippen LogP contribution >= 0.6 is 23.2 Å². The molecule has 0 fully saturated rings. The van der Waals surface area contributed by atoms with Gasteiger partial charge in [0.25, 0.3) is 0 Å². The Hall–Kier alpha value is -0.930. The molecule has 1 aromatic rings. The van der Waals surface area contributed by atoms with Gasteiger partial charge in [-0.25, -0.2) is 0 Å². The van der Waals surface area contributed by atoms with Crippen LogP contribution in [0.25, 0.3) is 0 Å². The second kappa shape index (κ2) is 4.75. The first-order valence-electron chi connectivity index (χ1n) is 5.54. The van der Waals surface area contributed by atoms with Gasteiger partial charge in [0, 0.05) is 19.0 Å². The SMILES string of the molecule is CC(C)N1CCC(=O)Nc2cc(Cl)c(Cl)cc21. The summed E-state index contributed by atoms with van der Waals surface area (Å²) in [7, 11) is 0. The molecule has 92 valence electrons. The van der Waals surface area contributed by atoms with E-state index in [9.17, 15) is 4.79 Å². The molecule has 1 aliphatic heterocycles. The van der Waals surface area contributed by atoms with Crippen molar-refractivity contribution in [3.63, 3.8) is 0 Å². The fourth-order valence-electron chi connectivity index (χ4n) is 1.97. The van der Waals surface area contributed by atoms with E-state index < -0.39 is 0 Å². The Bertz CT molecular complexity index is 460. The molecule has 1 N–H and O–H groups in total. The second-order valence-electron chi connectivity index (χ2n) is 4.37. The number of amides is 1. The van der Waals surface area contributed by atoms with E-state index in [2.05, 4.69) is 24.1 Å². The maximum absolute atomic E-state index is 11.6. The lowest BCUT2D eigenvalue weighted by Crippen LogP contribution is -2.31. The first-order valence-corrected chi connectivity index (χ1v) is 6.30. The zero-order valence-electron chi connectivity index (χ0n) is 9.76. The highest BCUT2D eigenvalue weighted by Gasteiger charge is 2.22. The summed E-state index contributed by atoms with van der Waals surface area (Å²) in [6.07, 6.45) is 0.474. The minimum atomic E-state index is 0.00721. The number of anilines is 2. The summed E-state index contributed by atoms with van der Waals surface area (Å²) in [6, 6.07) is 3.82. The van der Waals surface area contributed by atoms with Crippen LogP contribution in [0.2, 0.25) is 10.0 Å². The molecule has 0 radical (unpaired) electrons. The molecule has 2 rings (SSSR count). The van der Waals surface area contributed by atoms with Crippen molar-refractivity contribution in [1.82, 2.24) is 0 Å². The van der Waals surface area contributed by atoms with E-state index in [4.69, 9.17) is 23.2 Å². The quantitative estimate of drug-likeness (QED) is 0.848. The lowest BCUT2D eigenvalue weighted by Gasteiger charge is -2.28. The highest BCUT2D eigenvalue weighted by atomic mass is 35.5. The van der Waals surface area contributed by atoms with E-state index in [1.165, 1.54) is 0 Å². The molecule has 0 aromatic heterocycles. The highest BCUT2D eigenvalue weighted by Crippen LogP contribution is 2.37. The van der Waals surface area contributed by atoms with Crippen molar-refractivity contribution in [2.75, 3.05) is 16.8 Å². The number of fused-ring (bicyclic) bond motifs is 1. The van der Waals surface area contributed by atoms with Gasteiger partial charge in [-0.2, -0.15) is 0 Å². The van der Waals surface area contributed by atoms with Crippen molar-refractivity contribution < 1.29 is 4.79 Å². The van der Waals surface area contributed by atoms with E-state index in [0.717, 1.165) is 11.4 Å². The molecule has 0 atom stereocenters. The normalized spacial score (nSPS) is 15.6. The molecule has 0 saturated carbocycles. The number of nitrogens with zero attached hydrogens (tertiary/aromatic N) is 1. The van der Waals surface area contributed by atoms with Gasteiger partial charge in [0.1, 0.15) is 0 Å². The highest BCUT2D eigenvalue weighted by molar-refractivity contribution is 6.42. The number of carbonyl (C=O) groups is 1. The number of carbonyl (C=O) groups excluding carboxylic acids is 1. The van der Waals surface area contributed by atoms with Crippen molar-refractivity contribution >= 4 is 40.5 Å². The van der Waals surface area contributed by atoms with Crippen LogP contribution in [0, 0.1) is 0 Å². The van der Waals surface area contributed by atoms with Gasteiger partial charge in [0.2, 0.25) is 5.91 Å². The molecule has 3 nitrogen and oxygen atoms in total. The Morgan fingerprint density at radius 2 is 1.94 bits per heavy atom. The zero-order chi connectivity index (χ0) is 12.6. The fraction of sp³-hybridized carbons (Fsp3) is 0.417. The number of rotatable bonds is 1. The van der Waals surface area contributed by atoms with Gasteiger partial charge < -0.3 is 10.2 Å². The van der Waals surface area contributed by atoms with Crippen LogP contribution in [0.15, 0.2) is 12.1 Å². The smallest absolute Gasteiger partial charge is 0.226 e. The van der Waals surface area contributed by atoms with Crippen LogP contribution < -0.4 is 10.2 Å². The molecule has 1 heterocycles. The van der Waals surface area contributed by atoms with Gasteiger partial charge >= 0.3 is 0 Å². The van der Waals surface area contributed by atoms with E-state index in [1.54, 1.807) is 6.07 Å². The third kappa shape index (κ3) is 2.50. The maximum atomic E-state index is 11.6. The number of halogens is 2. The first kappa shape index (κ1) is 12.5. The zero-order valence-corrected chi connectivity index (χ0v) is 11.3. The maximum Gasteiger partial charge on any atom is 0.226 e. The summed E-state index contributed by atoms with van der Waals surface area (Å²) in [5.41, 5.74) is 1.66. The molecule has 1 aromatic carbocycles. The summed E-state index contributed by atoms with van der Waals surface area (Å²) in [4.78, 5) is 13.7. The molecule has 0 aliphatic carbocycles. The summed E-state index contributed by atoms with van der Waals surface area (Å²) in [5, 5.41) is 3.81. The van der Waals surface area contributed by atoms with Gasteiger partial charge in [-0.3, -0.25) is 4.79 Å². The average Bonchev–Trinajstić information content (AvgIpc) is 2.38. The molecule has 0 bridgehead atoms. The van der Waals surface area contributed by atoms with E-state index in [1.807, 2.05) is 6.07 Å². The number of hydrogen-bond acceptors (Lipinski definition) is 2. The number of nitrogens with one attached hydrogen (secondary N) is 1. The van der Waals surface area contributed by atoms with E-state index in [-0.39, 0.29) is 5.91 Å². The lowest BCUT2D eigenvalue weighted by atomic mass is 10.2. The molecule has 0 spiro atoms. The van der Waals surface area contributed by atoms with E-state index in [0.29, 0.717) is 29.1 Å². The minimum absolute atomic E-state index is 0.00721. The Balaban J connectivity index is 2.53. The first-order chi connectivity index (χ1) is 7.99. The lowest BCUT2D eigenvalue weighted by molar-refractivity contribution is -0.115. The van der Waals surface area contributed by atoms with Crippen molar-refractivity contribution in [3.8, 4) is 0 Å². The Labute approximate surface area is 111 Å². The summed E-state index contributed by atoms with van der Waals surface area (Å²) < 4.78 is 0. The second-order valence-corrected chi connectivity index (χ2v) is 5.18. The molecule has 5 heteroatoms. The van der Waals surface area contributed by atoms with Gasteiger partial charge in [0.05, 0.1) is 21.4 Å². The Morgan fingerprint density at radius 3 is 2.59 bits per heavy atom.